The van der Waals surface area contributed by atoms with Crippen LogP contribution in [0.2, 0.25) is 12.6 Å². The molecule has 0 aromatic carbocycles. The number of amides is 1. The summed E-state index contributed by atoms with van der Waals surface area (Å²) in [5.74, 6) is -3.49. The minimum Gasteiger partial charge on any atom is -0.462 e. The van der Waals surface area contributed by atoms with Crippen LogP contribution < -0.4 is 5.32 Å². The normalized spacial score (nSPS) is 17.1. The Hall–Kier alpha value is -4.14. The van der Waals surface area contributed by atoms with Gasteiger partial charge in [0, 0.05) is 23.8 Å². The third kappa shape index (κ3) is 17.4. The Balaban J connectivity index is 2.73. The zero-order valence-corrected chi connectivity index (χ0v) is 27.8. The van der Waals surface area contributed by atoms with Crippen LogP contribution >= 0.6 is 0 Å². The first-order valence-electron chi connectivity index (χ1n) is 15.0. The second kappa shape index (κ2) is 21.6. The molecule has 256 valence electrons. The molecule has 0 heterocycles. The van der Waals surface area contributed by atoms with E-state index in [1.165, 1.54) is 13.8 Å². The van der Waals surface area contributed by atoms with Gasteiger partial charge < -0.3 is 38.2 Å². The van der Waals surface area contributed by atoms with Crippen LogP contribution in [0.25, 0.3) is 0 Å². The quantitative estimate of drug-likeness (QED) is 0.0656. The number of carbonyl (C=O) groups is 6. The Morgan fingerprint density at radius 3 is 2.07 bits per heavy atom. The maximum absolute atomic E-state index is 12.8. The van der Waals surface area contributed by atoms with Crippen LogP contribution in [-0.4, -0.2) is 89.3 Å². The van der Waals surface area contributed by atoms with Crippen molar-refractivity contribution < 1.29 is 61.7 Å². The van der Waals surface area contributed by atoms with Crippen LogP contribution in [0.3, 0.4) is 0 Å². The minimum atomic E-state index is -1.69. The number of hydrogen-bond donors (Lipinski definition) is 1. The van der Waals surface area contributed by atoms with Gasteiger partial charge in [-0.3, -0.25) is 9.59 Å². The Bertz CT molecular complexity index is 1120. The molecule has 1 fully saturated rings. The fourth-order valence-corrected chi connectivity index (χ4v) is 4.98. The van der Waals surface area contributed by atoms with Crippen LogP contribution in [0.4, 0.5) is 4.79 Å². The summed E-state index contributed by atoms with van der Waals surface area (Å²) in [4.78, 5) is 72.4. The first kappa shape index (κ1) is 39.9. The van der Waals surface area contributed by atoms with Crippen molar-refractivity contribution in [3.05, 3.63) is 37.0 Å². The van der Waals surface area contributed by atoms with E-state index in [4.69, 9.17) is 28.4 Å². The molecule has 1 N–H and O–H groups in total. The highest BCUT2D eigenvalue weighted by Crippen LogP contribution is 2.32. The molecule has 14 nitrogen and oxygen atoms in total. The zero-order chi connectivity index (χ0) is 34.6. The number of nitrogens with one attached hydrogen (secondary N) is 1. The zero-order valence-electron chi connectivity index (χ0n) is 26.8. The van der Waals surface area contributed by atoms with E-state index in [1.54, 1.807) is 6.55 Å². The van der Waals surface area contributed by atoms with Crippen molar-refractivity contribution in [3.8, 4) is 0 Å². The number of esters is 5. The van der Waals surface area contributed by atoms with E-state index in [1.807, 2.05) is 0 Å². The fraction of sp³-hybridized carbons (Fsp3) is 0.613. The summed E-state index contributed by atoms with van der Waals surface area (Å²) in [7, 11) is -1.69. The van der Waals surface area contributed by atoms with Gasteiger partial charge in [0.05, 0.1) is 19.4 Å². The SMILES string of the molecule is C=CC(=O)OCCCNC(=O)OC1CCC(CC[Si](C)=O)CC1OC(=O)CCC(=O)OC(COC(=O)C(=C)C)COC(=O)C(=C)C. The van der Waals surface area contributed by atoms with Gasteiger partial charge in [0.25, 0.3) is 8.68 Å². The lowest BCUT2D eigenvalue weighted by Crippen LogP contribution is -2.42. The summed E-state index contributed by atoms with van der Waals surface area (Å²) in [5.41, 5.74) is 0.235. The third-order valence-corrected chi connectivity index (χ3v) is 7.61. The molecule has 0 aromatic rings. The predicted molar refractivity (Wildman–Crippen MR) is 164 cm³/mol. The summed E-state index contributed by atoms with van der Waals surface area (Å²) < 4.78 is 43.0. The lowest BCUT2D eigenvalue weighted by Gasteiger charge is -2.35. The lowest BCUT2D eigenvalue weighted by molar-refractivity contribution is -0.167. The Kier molecular flexibility index (Phi) is 18.7. The second-order valence-electron chi connectivity index (χ2n) is 10.9. The van der Waals surface area contributed by atoms with Gasteiger partial charge >= 0.3 is 35.9 Å². The second-order valence-corrected chi connectivity index (χ2v) is 12.8. The van der Waals surface area contributed by atoms with E-state index < -0.39 is 82.6 Å². The smallest absolute Gasteiger partial charge is 0.407 e. The van der Waals surface area contributed by atoms with Crippen molar-refractivity contribution in [2.75, 3.05) is 26.4 Å². The van der Waals surface area contributed by atoms with Crippen LogP contribution in [0.5, 0.6) is 0 Å². The van der Waals surface area contributed by atoms with Crippen LogP contribution in [0.15, 0.2) is 37.0 Å². The summed E-state index contributed by atoms with van der Waals surface area (Å²) in [6.45, 7) is 14.2. The first-order chi connectivity index (χ1) is 21.7. The maximum Gasteiger partial charge on any atom is 0.407 e. The monoisotopic (exact) mass is 667 g/mol. The number of hydrogen-bond acceptors (Lipinski definition) is 13. The minimum absolute atomic E-state index is 0.0829. The summed E-state index contributed by atoms with van der Waals surface area (Å²) in [6.07, 6.45) is -0.660. The molecule has 3 unspecified atom stereocenters. The molecule has 46 heavy (non-hydrogen) atoms. The number of alkyl carbamates (subject to hydrolysis) is 1. The molecule has 15 heteroatoms. The summed E-state index contributed by atoms with van der Waals surface area (Å²) >= 11 is 0. The van der Waals surface area contributed by atoms with E-state index in [0.29, 0.717) is 38.1 Å². The summed E-state index contributed by atoms with van der Waals surface area (Å²) in [5, 5.41) is 2.56. The van der Waals surface area contributed by atoms with Gasteiger partial charge in [0.2, 0.25) is 0 Å². The molecule has 1 aliphatic rings. The fourth-order valence-electron chi connectivity index (χ4n) is 4.16. The van der Waals surface area contributed by atoms with Crippen molar-refractivity contribution in [1.29, 1.82) is 0 Å². The Morgan fingerprint density at radius 2 is 1.50 bits per heavy atom. The van der Waals surface area contributed by atoms with Crippen molar-refractivity contribution in [2.45, 2.75) is 89.7 Å². The van der Waals surface area contributed by atoms with Gasteiger partial charge in [0.1, 0.15) is 25.4 Å². The molecule has 3 atom stereocenters. The van der Waals surface area contributed by atoms with Crippen molar-refractivity contribution >= 4 is 44.6 Å². The number of rotatable bonds is 20. The summed E-state index contributed by atoms with van der Waals surface area (Å²) in [6, 6.07) is 0.550. The highest BCUT2D eigenvalue weighted by molar-refractivity contribution is 6.40. The molecule has 0 radical (unpaired) electrons. The average Bonchev–Trinajstić information content (AvgIpc) is 3.00. The van der Waals surface area contributed by atoms with Gasteiger partial charge in [-0.05, 0) is 64.5 Å². The molecular weight excluding hydrogens is 622 g/mol. The molecule has 1 saturated carbocycles. The van der Waals surface area contributed by atoms with Gasteiger partial charge in [-0.25, -0.2) is 19.2 Å². The first-order valence-corrected chi connectivity index (χ1v) is 17.1. The van der Waals surface area contributed by atoms with Gasteiger partial charge in [-0.15, -0.1) is 0 Å². The maximum atomic E-state index is 12.8. The largest absolute Gasteiger partial charge is 0.462 e. The molecule has 0 aromatic heterocycles. The van der Waals surface area contributed by atoms with Gasteiger partial charge in [0.15, 0.2) is 6.10 Å². The average molecular weight is 668 g/mol. The molecule has 0 saturated heterocycles. The number of ether oxygens (including phenoxy) is 6. The standard InChI is InChI=1S/C31H45NO13Si/c1-7-26(33)40-15-8-14-32-31(38)45-24-10-9-22(13-16-46(6)39)17-25(24)44-28(35)12-11-27(34)43-23(18-41-29(36)20(2)3)19-42-30(37)21(4)5/h7,22-25H,1-2,4,8-19H2,3,5-6H3,(H,32,38). The highest BCUT2D eigenvalue weighted by atomic mass is 28.3. The number of carbonyl (C=O) groups excluding carboxylic acids is 6. The molecule has 0 spiro atoms. The topological polar surface area (TPSA) is 187 Å². The lowest BCUT2D eigenvalue weighted by atomic mass is 9.83. The van der Waals surface area contributed by atoms with Gasteiger partial charge in [-0.1, -0.05) is 19.7 Å². The molecular formula is C31H45NO13Si. The van der Waals surface area contributed by atoms with Crippen molar-refractivity contribution in [2.24, 2.45) is 5.92 Å². The molecule has 0 bridgehead atoms. The van der Waals surface area contributed by atoms with E-state index in [0.717, 1.165) is 6.08 Å². The Morgan fingerprint density at radius 1 is 0.891 bits per heavy atom. The highest BCUT2D eigenvalue weighted by Gasteiger charge is 2.36. The molecule has 0 aliphatic heterocycles. The Labute approximate surface area is 270 Å². The molecule has 1 amide bonds. The molecule has 1 aliphatic carbocycles. The predicted octanol–water partition coefficient (Wildman–Crippen LogP) is 3.28. The van der Waals surface area contributed by atoms with Gasteiger partial charge in [-0.2, -0.15) is 0 Å². The van der Waals surface area contributed by atoms with E-state index in [9.17, 15) is 33.2 Å². The third-order valence-electron chi connectivity index (χ3n) is 6.62. The molecule has 1 rings (SSSR count). The van der Waals surface area contributed by atoms with Crippen LogP contribution in [0, 0.1) is 5.92 Å². The van der Waals surface area contributed by atoms with Crippen molar-refractivity contribution in [3.63, 3.8) is 0 Å². The van der Waals surface area contributed by atoms with E-state index in [-0.39, 0.29) is 36.6 Å². The van der Waals surface area contributed by atoms with Crippen molar-refractivity contribution in [1.82, 2.24) is 5.32 Å². The van der Waals surface area contributed by atoms with E-state index >= 15 is 0 Å². The van der Waals surface area contributed by atoms with Crippen LogP contribution in [0.1, 0.15) is 58.8 Å². The van der Waals surface area contributed by atoms with E-state index in [2.05, 4.69) is 25.1 Å². The van der Waals surface area contributed by atoms with Crippen LogP contribution in [-0.2, 0) is 56.9 Å².